The van der Waals surface area contributed by atoms with Crippen molar-refractivity contribution in [2.75, 3.05) is 12.4 Å². The van der Waals surface area contributed by atoms with Crippen LogP contribution in [0, 0.1) is 0 Å². The predicted molar refractivity (Wildman–Crippen MR) is 109 cm³/mol. The van der Waals surface area contributed by atoms with Gasteiger partial charge in [-0.05, 0) is 37.8 Å². The van der Waals surface area contributed by atoms with Crippen LogP contribution in [0.3, 0.4) is 0 Å². The van der Waals surface area contributed by atoms with Crippen LogP contribution in [-0.4, -0.2) is 45.9 Å². The lowest BCUT2D eigenvalue weighted by molar-refractivity contribution is 0.0676. The topological polar surface area (TPSA) is 70.2 Å². The number of nitrogens with zero attached hydrogens (tertiary/aromatic N) is 3. The van der Waals surface area contributed by atoms with E-state index in [0.717, 1.165) is 18.7 Å². The van der Waals surface area contributed by atoms with Gasteiger partial charge in [-0.1, -0.05) is 6.07 Å². The molecule has 142 valence electrons. The zero-order valence-electron chi connectivity index (χ0n) is 14.4. The number of piperidine rings is 1. The minimum atomic E-state index is 0. The molecule has 0 aromatic carbocycles. The van der Waals surface area contributed by atoms with Gasteiger partial charge < -0.3 is 15.5 Å². The number of pyridine rings is 1. The van der Waals surface area contributed by atoms with Crippen LogP contribution in [0.2, 0.25) is 0 Å². The first-order valence-corrected chi connectivity index (χ1v) is 9.24. The van der Waals surface area contributed by atoms with Crippen LogP contribution in [0.5, 0.6) is 0 Å². The molecule has 1 amide bonds. The highest BCUT2D eigenvalue weighted by Gasteiger charge is 2.36. The standard InChI is InChI=1S/C17H21N5OS.2ClH/c1-22(13-8-11-5-6-12(9-13)19-11)16(23)14-10-24-17(20-14)21-15-4-2-3-7-18-15;;/h2-4,7,10-13,19H,5-6,8-9H2,1H3,(H,18,20,21);2*1H. The third kappa shape index (κ3) is 4.46. The Bertz CT molecular complexity index is 717. The average Bonchev–Trinajstić information content (AvgIpc) is 3.20. The van der Waals surface area contributed by atoms with Crippen LogP contribution in [0.25, 0.3) is 0 Å². The number of thiazole rings is 1. The lowest BCUT2D eigenvalue weighted by atomic mass is 9.98. The lowest BCUT2D eigenvalue weighted by Crippen LogP contribution is -2.48. The molecular weight excluding hydrogens is 393 g/mol. The Balaban J connectivity index is 0.00000121. The third-order valence-electron chi connectivity index (χ3n) is 4.94. The highest BCUT2D eigenvalue weighted by atomic mass is 35.5. The summed E-state index contributed by atoms with van der Waals surface area (Å²) in [5.41, 5.74) is 0.506. The number of anilines is 2. The fourth-order valence-corrected chi connectivity index (χ4v) is 4.36. The van der Waals surface area contributed by atoms with E-state index in [4.69, 9.17) is 0 Å². The largest absolute Gasteiger partial charge is 0.337 e. The third-order valence-corrected chi connectivity index (χ3v) is 5.70. The summed E-state index contributed by atoms with van der Waals surface area (Å²) in [5.74, 6) is 0.737. The minimum Gasteiger partial charge on any atom is -0.337 e. The number of amides is 1. The smallest absolute Gasteiger partial charge is 0.273 e. The van der Waals surface area contributed by atoms with Crippen molar-refractivity contribution in [3.63, 3.8) is 0 Å². The molecule has 0 aliphatic carbocycles. The van der Waals surface area contributed by atoms with Gasteiger partial charge in [0.1, 0.15) is 11.5 Å². The van der Waals surface area contributed by atoms with Gasteiger partial charge in [-0.3, -0.25) is 4.79 Å². The second kappa shape index (κ2) is 8.99. The number of aromatic nitrogens is 2. The number of halogens is 2. The second-order valence-electron chi connectivity index (χ2n) is 6.56. The van der Waals surface area contributed by atoms with E-state index in [0.29, 0.717) is 29.0 Å². The second-order valence-corrected chi connectivity index (χ2v) is 7.42. The van der Waals surface area contributed by atoms with Crippen LogP contribution < -0.4 is 10.6 Å². The number of hydrogen-bond acceptors (Lipinski definition) is 6. The maximum absolute atomic E-state index is 12.7. The van der Waals surface area contributed by atoms with Gasteiger partial charge in [0.25, 0.3) is 5.91 Å². The monoisotopic (exact) mass is 415 g/mol. The van der Waals surface area contributed by atoms with Crippen molar-refractivity contribution in [1.29, 1.82) is 0 Å². The minimum absolute atomic E-state index is 0. The SMILES string of the molecule is CN(C(=O)c1csc(Nc2ccccn2)n1)C1CC2CCC(C1)N2.Cl.Cl. The zero-order chi connectivity index (χ0) is 16.5. The molecule has 2 aromatic heterocycles. The molecule has 2 atom stereocenters. The first-order chi connectivity index (χ1) is 11.7. The van der Waals surface area contributed by atoms with E-state index in [1.165, 1.54) is 24.2 Å². The molecule has 2 unspecified atom stereocenters. The van der Waals surface area contributed by atoms with Gasteiger partial charge in [0.2, 0.25) is 0 Å². The first-order valence-electron chi connectivity index (χ1n) is 8.36. The Morgan fingerprint density at radius 1 is 1.27 bits per heavy atom. The van der Waals surface area contributed by atoms with E-state index in [1.54, 1.807) is 6.20 Å². The molecule has 6 nitrogen and oxygen atoms in total. The van der Waals surface area contributed by atoms with Gasteiger partial charge >= 0.3 is 0 Å². The lowest BCUT2D eigenvalue weighted by Gasteiger charge is -2.35. The van der Waals surface area contributed by atoms with Crippen molar-refractivity contribution >= 4 is 53.0 Å². The Morgan fingerprint density at radius 2 is 2.00 bits per heavy atom. The Labute approximate surface area is 169 Å². The van der Waals surface area contributed by atoms with Crippen LogP contribution in [-0.2, 0) is 0 Å². The van der Waals surface area contributed by atoms with Crippen LogP contribution >= 0.6 is 36.2 Å². The Morgan fingerprint density at radius 3 is 2.65 bits per heavy atom. The van der Waals surface area contributed by atoms with E-state index < -0.39 is 0 Å². The Kier molecular flexibility index (Phi) is 7.23. The molecule has 4 rings (SSSR count). The summed E-state index contributed by atoms with van der Waals surface area (Å²) >= 11 is 1.43. The number of fused-ring (bicyclic) bond motifs is 2. The van der Waals surface area contributed by atoms with E-state index in [2.05, 4.69) is 20.6 Å². The fraction of sp³-hybridized carbons (Fsp3) is 0.471. The van der Waals surface area contributed by atoms with Gasteiger partial charge in [0.05, 0.1) is 0 Å². The van der Waals surface area contributed by atoms with Gasteiger partial charge in [-0.15, -0.1) is 36.2 Å². The number of carbonyl (C=O) groups is 1. The number of rotatable bonds is 4. The van der Waals surface area contributed by atoms with Crippen molar-refractivity contribution in [2.45, 2.75) is 43.8 Å². The molecule has 0 radical (unpaired) electrons. The van der Waals surface area contributed by atoms with Crippen molar-refractivity contribution in [2.24, 2.45) is 0 Å². The van der Waals surface area contributed by atoms with Crippen LogP contribution in [0.15, 0.2) is 29.8 Å². The molecule has 2 bridgehead atoms. The average molecular weight is 416 g/mol. The van der Waals surface area contributed by atoms with Gasteiger partial charge in [-0.25, -0.2) is 9.97 Å². The molecular formula is C17H23Cl2N5OS. The summed E-state index contributed by atoms with van der Waals surface area (Å²) in [6.45, 7) is 0. The normalized spacial score (nSPS) is 23.5. The van der Waals surface area contributed by atoms with Crippen LogP contribution in [0.4, 0.5) is 10.9 Å². The summed E-state index contributed by atoms with van der Waals surface area (Å²) in [6, 6.07) is 7.10. The predicted octanol–water partition coefficient (Wildman–Crippen LogP) is 3.48. The molecule has 0 spiro atoms. The number of carbonyl (C=O) groups excluding carboxylic acids is 1. The molecule has 4 heterocycles. The maximum Gasteiger partial charge on any atom is 0.273 e. The highest BCUT2D eigenvalue weighted by molar-refractivity contribution is 7.14. The van der Waals surface area contributed by atoms with Gasteiger partial charge in [0.15, 0.2) is 5.13 Å². The molecule has 2 aromatic rings. The maximum atomic E-state index is 12.7. The summed E-state index contributed by atoms with van der Waals surface area (Å²) < 4.78 is 0. The van der Waals surface area contributed by atoms with Gasteiger partial charge in [0, 0.05) is 36.8 Å². The van der Waals surface area contributed by atoms with E-state index in [9.17, 15) is 4.79 Å². The first kappa shape index (κ1) is 20.9. The zero-order valence-corrected chi connectivity index (χ0v) is 16.9. The van der Waals surface area contributed by atoms with E-state index in [1.807, 2.05) is 35.5 Å². The molecule has 2 N–H and O–H groups in total. The van der Waals surface area contributed by atoms with E-state index in [-0.39, 0.29) is 30.7 Å². The molecule has 2 aliphatic rings. The molecule has 26 heavy (non-hydrogen) atoms. The van der Waals surface area contributed by atoms with Crippen molar-refractivity contribution in [3.8, 4) is 0 Å². The fourth-order valence-electron chi connectivity index (χ4n) is 3.67. The summed E-state index contributed by atoms with van der Waals surface area (Å²) in [5, 5.41) is 9.26. The highest BCUT2D eigenvalue weighted by Crippen LogP contribution is 2.30. The summed E-state index contributed by atoms with van der Waals surface area (Å²) in [6.07, 6.45) is 6.28. The van der Waals surface area contributed by atoms with Crippen molar-refractivity contribution in [3.05, 3.63) is 35.5 Å². The molecule has 0 saturated carbocycles. The quantitative estimate of drug-likeness (QED) is 0.799. The van der Waals surface area contributed by atoms with Crippen LogP contribution in [0.1, 0.15) is 36.2 Å². The van der Waals surface area contributed by atoms with Crippen molar-refractivity contribution in [1.82, 2.24) is 20.2 Å². The van der Waals surface area contributed by atoms with Crippen molar-refractivity contribution < 1.29 is 4.79 Å². The molecule has 2 saturated heterocycles. The molecule has 2 fully saturated rings. The number of nitrogens with one attached hydrogen (secondary N) is 2. The number of hydrogen-bond donors (Lipinski definition) is 2. The molecule has 2 aliphatic heterocycles. The van der Waals surface area contributed by atoms with Gasteiger partial charge in [-0.2, -0.15) is 0 Å². The summed E-state index contributed by atoms with van der Waals surface area (Å²) in [4.78, 5) is 23.3. The Hall–Kier alpha value is -1.41. The summed E-state index contributed by atoms with van der Waals surface area (Å²) in [7, 11) is 1.91. The van der Waals surface area contributed by atoms with E-state index >= 15 is 0 Å². The molecule has 9 heteroatoms.